The van der Waals surface area contributed by atoms with Gasteiger partial charge in [-0.25, -0.2) is 4.79 Å². The van der Waals surface area contributed by atoms with Crippen LogP contribution in [0.4, 0.5) is 26.2 Å². The molecule has 0 saturated heterocycles. The van der Waals surface area contributed by atoms with E-state index in [1.165, 1.54) is 6.07 Å². The predicted octanol–water partition coefficient (Wildman–Crippen LogP) is 3.65. The molecule has 0 bridgehead atoms. The van der Waals surface area contributed by atoms with Crippen LogP contribution >= 0.6 is 15.9 Å². The Kier molecular flexibility index (Phi) is 6.61. The molecule has 136 valence electrons. The Labute approximate surface area is 156 Å². The Balaban J connectivity index is 1.78. The van der Waals surface area contributed by atoms with Crippen molar-refractivity contribution in [2.75, 3.05) is 17.2 Å². The minimum absolute atomic E-state index is 0.0531. The van der Waals surface area contributed by atoms with Crippen LogP contribution in [-0.2, 0) is 4.79 Å². The summed E-state index contributed by atoms with van der Waals surface area (Å²) >= 11 is 3.28. The second-order valence-electron chi connectivity index (χ2n) is 5.11. The van der Waals surface area contributed by atoms with Gasteiger partial charge in [0.05, 0.1) is 4.92 Å². The third kappa shape index (κ3) is 5.81. The highest BCUT2D eigenvalue weighted by molar-refractivity contribution is 9.10. The summed E-state index contributed by atoms with van der Waals surface area (Å²) in [6, 6.07) is 9.52. The molecule has 3 N–H and O–H groups in total. The number of urea groups is 1. The molecule has 2 aromatic rings. The van der Waals surface area contributed by atoms with Crippen LogP contribution in [0.2, 0.25) is 0 Å². The molecule has 8 nitrogen and oxygen atoms in total. The molecule has 0 aliphatic carbocycles. The van der Waals surface area contributed by atoms with Gasteiger partial charge in [-0.1, -0.05) is 15.9 Å². The lowest BCUT2D eigenvalue weighted by Crippen LogP contribution is -2.31. The Morgan fingerprint density at radius 1 is 1.08 bits per heavy atom. The second kappa shape index (κ2) is 8.90. The first-order valence-electron chi connectivity index (χ1n) is 7.39. The molecular formula is C16H14BrFN4O4. The topological polar surface area (TPSA) is 113 Å². The molecule has 0 heterocycles. The lowest BCUT2D eigenvalue weighted by molar-refractivity contribution is -0.387. The lowest BCUT2D eigenvalue weighted by Gasteiger charge is -2.08. The van der Waals surface area contributed by atoms with E-state index in [0.29, 0.717) is 5.69 Å². The molecule has 0 aliphatic rings. The van der Waals surface area contributed by atoms with Crippen molar-refractivity contribution >= 4 is 44.9 Å². The third-order valence-electron chi connectivity index (χ3n) is 3.17. The SMILES string of the molecule is O=C(CCNC(=O)Nc1ccc(Br)cc1)Nc1ccc(F)c([N+](=O)[O-])c1. The van der Waals surface area contributed by atoms with Crippen LogP contribution in [0, 0.1) is 15.9 Å². The number of hydrogen-bond acceptors (Lipinski definition) is 4. The number of rotatable bonds is 6. The molecule has 0 fully saturated rings. The van der Waals surface area contributed by atoms with E-state index in [1.807, 2.05) is 0 Å². The molecule has 0 atom stereocenters. The molecule has 26 heavy (non-hydrogen) atoms. The molecule has 0 spiro atoms. The Morgan fingerprint density at radius 3 is 2.38 bits per heavy atom. The van der Waals surface area contributed by atoms with Gasteiger partial charge in [-0.05, 0) is 36.4 Å². The van der Waals surface area contributed by atoms with E-state index in [1.54, 1.807) is 24.3 Å². The molecule has 0 saturated carbocycles. The first-order valence-corrected chi connectivity index (χ1v) is 8.18. The van der Waals surface area contributed by atoms with E-state index in [2.05, 4.69) is 31.9 Å². The molecule has 10 heteroatoms. The number of carbonyl (C=O) groups excluding carboxylic acids is 2. The highest BCUT2D eigenvalue weighted by atomic mass is 79.9. The van der Waals surface area contributed by atoms with Gasteiger partial charge >= 0.3 is 11.7 Å². The number of nitrogens with one attached hydrogen (secondary N) is 3. The van der Waals surface area contributed by atoms with Gasteiger partial charge in [0.1, 0.15) is 0 Å². The minimum Gasteiger partial charge on any atom is -0.337 e. The van der Waals surface area contributed by atoms with Gasteiger partial charge in [-0.15, -0.1) is 0 Å². The Morgan fingerprint density at radius 2 is 1.73 bits per heavy atom. The number of carbonyl (C=O) groups is 2. The molecule has 2 aromatic carbocycles. The van der Waals surface area contributed by atoms with E-state index in [9.17, 15) is 24.1 Å². The average Bonchev–Trinajstić information content (AvgIpc) is 2.58. The smallest absolute Gasteiger partial charge is 0.319 e. The average molecular weight is 425 g/mol. The summed E-state index contributed by atoms with van der Waals surface area (Å²) in [5.41, 5.74) is -0.0361. The van der Waals surface area contributed by atoms with Crippen LogP contribution < -0.4 is 16.0 Å². The maximum absolute atomic E-state index is 13.2. The zero-order valence-corrected chi connectivity index (χ0v) is 14.9. The highest BCUT2D eigenvalue weighted by Crippen LogP contribution is 2.21. The first-order chi connectivity index (χ1) is 12.3. The molecule has 2 rings (SSSR count). The van der Waals surface area contributed by atoms with Gasteiger partial charge < -0.3 is 16.0 Å². The zero-order valence-electron chi connectivity index (χ0n) is 13.3. The fraction of sp³-hybridized carbons (Fsp3) is 0.125. The van der Waals surface area contributed by atoms with Crippen LogP contribution in [0.3, 0.4) is 0 Å². The largest absolute Gasteiger partial charge is 0.337 e. The number of hydrogen-bond donors (Lipinski definition) is 3. The van der Waals surface area contributed by atoms with Crippen LogP contribution in [0.5, 0.6) is 0 Å². The molecule has 0 aliphatic heterocycles. The van der Waals surface area contributed by atoms with E-state index < -0.39 is 28.4 Å². The van der Waals surface area contributed by atoms with Crippen molar-refractivity contribution in [1.82, 2.24) is 5.32 Å². The van der Waals surface area contributed by atoms with Gasteiger partial charge in [0, 0.05) is 34.9 Å². The van der Waals surface area contributed by atoms with Crippen molar-refractivity contribution in [2.45, 2.75) is 6.42 Å². The summed E-state index contributed by atoms with van der Waals surface area (Å²) in [7, 11) is 0. The maximum atomic E-state index is 13.2. The number of nitro groups is 1. The Hall–Kier alpha value is -3.01. The number of nitrogens with zero attached hydrogens (tertiary/aromatic N) is 1. The van der Waals surface area contributed by atoms with E-state index in [0.717, 1.165) is 16.6 Å². The number of halogens is 2. The third-order valence-corrected chi connectivity index (χ3v) is 3.69. The predicted molar refractivity (Wildman–Crippen MR) is 97.5 cm³/mol. The van der Waals surface area contributed by atoms with Crippen LogP contribution in [0.1, 0.15) is 6.42 Å². The molecule has 0 radical (unpaired) electrons. The molecule has 0 aromatic heterocycles. The van der Waals surface area contributed by atoms with Gasteiger partial charge in [0.2, 0.25) is 11.7 Å². The number of nitro benzene ring substituents is 1. The van der Waals surface area contributed by atoms with E-state index in [4.69, 9.17) is 0 Å². The standard InChI is InChI=1S/C16H14BrFN4O4/c17-10-1-3-11(4-2-10)21-16(24)19-8-7-15(23)20-12-5-6-13(18)14(9-12)22(25)26/h1-6,9H,7-8H2,(H,20,23)(H2,19,21,24). The zero-order chi connectivity index (χ0) is 19.1. The van der Waals surface area contributed by atoms with E-state index >= 15 is 0 Å². The summed E-state index contributed by atoms with van der Waals surface area (Å²) in [6.07, 6.45) is -0.0566. The van der Waals surface area contributed by atoms with E-state index in [-0.39, 0.29) is 18.7 Å². The molecule has 0 unspecified atom stereocenters. The fourth-order valence-electron chi connectivity index (χ4n) is 1.95. The summed E-state index contributed by atoms with van der Waals surface area (Å²) in [6.45, 7) is 0.0531. The van der Waals surface area contributed by atoms with Crippen molar-refractivity contribution in [3.05, 3.63) is 62.9 Å². The van der Waals surface area contributed by atoms with Gasteiger partial charge in [0.15, 0.2) is 0 Å². The van der Waals surface area contributed by atoms with Crippen molar-refractivity contribution in [3.63, 3.8) is 0 Å². The quantitative estimate of drug-likeness (QED) is 0.484. The lowest BCUT2D eigenvalue weighted by atomic mass is 10.2. The Bertz CT molecular complexity index is 829. The van der Waals surface area contributed by atoms with Gasteiger partial charge in [-0.3, -0.25) is 14.9 Å². The normalized spacial score (nSPS) is 10.1. The minimum atomic E-state index is -0.987. The fourth-order valence-corrected chi connectivity index (χ4v) is 2.22. The first kappa shape index (κ1) is 19.3. The van der Waals surface area contributed by atoms with Crippen molar-refractivity contribution in [3.8, 4) is 0 Å². The molecule has 3 amide bonds. The van der Waals surface area contributed by atoms with Crippen LogP contribution in [-0.4, -0.2) is 23.4 Å². The monoisotopic (exact) mass is 424 g/mol. The summed E-state index contributed by atoms with van der Waals surface area (Å²) in [5.74, 6) is -1.46. The van der Waals surface area contributed by atoms with Crippen LogP contribution in [0.15, 0.2) is 46.9 Å². The van der Waals surface area contributed by atoms with Crippen molar-refractivity contribution < 1.29 is 18.9 Å². The molecular weight excluding hydrogens is 411 g/mol. The highest BCUT2D eigenvalue weighted by Gasteiger charge is 2.15. The van der Waals surface area contributed by atoms with Gasteiger partial charge in [-0.2, -0.15) is 4.39 Å². The summed E-state index contributed by atoms with van der Waals surface area (Å²) < 4.78 is 14.1. The van der Waals surface area contributed by atoms with Crippen LogP contribution in [0.25, 0.3) is 0 Å². The number of anilines is 2. The summed E-state index contributed by atoms with van der Waals surface area (Å²) in [4.78, 5) is 33.3. The maximum Gasteiger partial charge on any atom is 0.319 e. The second-order valence-corrected chi connectivity index (χ2v) is 6.02. The summed E-state index contributed by atoms with van der Waals surface area (Å²) in [5, 5.41) is 18.2. The van der Waals surface area contributed by atoms with Gasteiger partial charge in [0.25, 0.3) is 0 Å². The number of benzene rings is 2. The van der Waals surface area contributed by atoms with Crippen molar-refractivity contribution in [1.29, 1.82) is 0 Å². The van der Waals surface area contributed by atoms with Crippen molar-refractivity contribution in [2.24, 2.45) is 0 Å². The number of amides is 3.